The van der Waals surface area contributed by atoms with E-state index in [9.17, 15) is 4.79 Å². The fraction of sp³-hybridized carbons (Fsp3) is 0.176. The monoisotopic (exact) mass is 348 g/mol. The third-order valence-corrected chi connectivity index (χ3v) is 3.82. The van der Waals surface area contributed by atoms with Crippen molar-refractivity contribution in [2.45, 2.75) is 13.3 Å². The Bertz CT molecular complexity index is 717. The molecule has 2 aromatic rings. The highest BCUT2D eigenvalue weighted by atomic mass is 35.5. The highest BCUT2D eigenvalue weighted by Gasteiger charge is 2.07. The molecule has 23 heavy (non-hydrogen) atoms. The Kier molecular flexibility index (Phi) is 5.96. The smallest absolute Gasteiger partial charge is 0.230 e. The maximum atomic E-state index is 12.0. The molecule has 0 aliphatic rings. The van der Waals surface area contributed by atoms with Crippen LogP contribution in [-0.2, 0) is 11.2 Å². The highest BCUT2D eigenvalue weighted by molar-refractivity contribution is 7.80. The minimum absolute atomic E-state index is 0.189. The molecular weight excluding hydrogens is 332 g/mol. The van der Waals surface area contributed by atoms with E-state index in [1.807, 2.05) is 43.3 Å². The van der Waals surface area contributed by atoms with Gasteiger partial charge in [0.15, 0.2) is 5.11 Å². The number of methoxy groups -OCH3 is 1. The predicted octanol–water partition coefficient (Wildman–Crippen LogP) is 3.71. The van der Waals surface area contributed by atoms with Crippen molar-refractivity contribution < 1.29 is 9.53 Å². The number of thiocarbonyl (C=S) groups is 1. The van der Waals surface area contributed by atoms with Gasteiger partial charge in [-0.25, -0.2) is 0 Å². The summed E-state index contributed by atoms with van der Waals surface area (Å²) in [5.41, 5.74) is 2.59. The van der Waals surface area contributed by atoms with Gasteiger partial charge in [-0.15, -0.1) is 0 Å². The Hall–Kier alpha value is -2.11. The normalized spacial score (nSPS) is 10.0. The first-order chi connectivity index (χ1) is 11.0. The van der Waals surface area contributed by atoms with Crippen molar-refractivity contribution in [1.29, 1.82) is 0 Å². The zero-order valence-corrected chi connectivity index (χ0v) is 14.4. The number of aryl methyl sites for hydroxylation is 1. The van der Waals surface area contributed by atoms with Gasteiger partial charge < -0.3 is 15.4 Å². The van der Waals surface area contributed by atoms with Crippen molar-refractivity contribution in [3.05, 3.63) is 58.6 Å². The van der Waals surface area contributed by atoms with Crippen LogP contribution in [0.25, 0.3) is 0 Å². The van der Waals surface area contributed by atoms with Gasteiger partial charge in [-0.3, -0.25) is 4.79 Å². The summed E-state index contributed by atoms with van der Waals surface area (Å²) >= 11 is 11.2. The van der Waals surface area contributed by atoms with Gasteiger partial charge in [-0.05, 0) is 54.5 Å². The number of ether oxygens (including phenoxy) is 1. The average molecular weight is 349 g/mol. The summed E-state index contributed by atoms with van der Waals surface area (Å²) in [7, 11) is 1.60. The van der Waals surface area contributed by atoms with E-state index < -0.39 is 0 Å². The highest BCUT2D eigenvalue weighted by Crippen LogP contribution is 2.19. The molecule has 2 aromatic carbocycles. The van der Waals surface area contributed by atoms with Crippen molar-refractivity contribution >= 4 is 40.5 Å². The molecule has 0 bridgehead atoms. The number of hydrogen-bond donors (Lipinski definition) is 2. The van der Waals surface area contributed by atoms with Gasteiger partial charge in [-0.2, -0.15) is 0 Å². The number of hydrogen-bond acceptors (Lipinski definition) is 3. The first-order valence-corrected chi connectivity index (χ1v) is 7.76. The molecule has 0 radical (unpaired) electrons. The van der Waals surface area contributed by atoms with Crippen molar-refractivity contribution in [3.8, 4) is 5.75 Å². The van der Waals surface area contributed by atoms with Crippen LogP contribution in [0.5, 0.6) is 5.75 Å². The van der Waals surface area contributed by atoms with Gasteiger partial charge >= 0.3 is 0 Å². The first kappa shape index (κ1) is 17.2. The summed E-state index contributed by atoms with van der Waals surface area (Å²) < 4.78 is 5.08. The Balaban J connectivity index is 1.88. The Morgan fingerprint density at radius 2 is 1.91 bits per heavy atom. The van der Waals surface area contributed by atoms with Crippen molar-refractivity contribution in [3.63, 3.8) is 0 Å². The third-order valence-electron chi connectivity index (χ3n) is 3.21. The molecule has 0 fully saturated rings. The van der Waals surface area contributed by atoms with E-state index in [0.717, 1.165) is 22.6 Å². The molecular formula is C17H17ClN2O2S. The number of nitrogens with one attached hydrogen (secondary N) is 2. The lowest BCUT2D eigenvalue weighted by atomic mass is 10.1. The molecule has 0 heterocycles. The topological polar surface area (TPSA) is 50.4 Å². The molecule has 6 heteroatoms. The molecule has 0 atom stereocenters. The Morgan fingerprint density at radius 3 is 2.52 bits per heavy atom. The Labute approximate surface area is 145 Å². The van der Waals surface area contributed by atoms with Crippen LogP contribution < -0.4 is 15.4 Å². The van der Waals surface area contributed by atoms with Crippen molar-refractivity contribution in [2.75, 3.05) is 12.4 Å². The van der Waals surface area contributed by atoms with Crippen molar-refractivity contribution in [1.82, 2.24) is 5.32 Å². The number of carbonyl (C=O) groups is 1. The van der Waals surface area contributed by atoms with Crippen molar-refractivity contribution in [2.24, 2.45) is 0 Å². The lowest BCUT2D eigenvalue weighted by molar-refractivity contribution is -0.119. The number of halogens is 1. The molecule has 2 N–H and O–H groups in total. The van der Waals surface area contributed by atoms with E-state index >= 15 is 0 Å². The van der Waals surface area contributed by atoms with Gasteiger partial charge in [0.1, 0.15) is 5.75 Å². The van der Waals surface area contributed by atoms with E-state index in [2.05, 4.69) is 10.6 Å². The van der Waals surface area contributed by atoms with Gasteiger partial charge in [0, 0.05) is 10.7 Å². The minimum Gasteiger partial charge on any atom is -0.497 e. The number of amides is 1. The third kappa shape index (κ3) is 5.23. The van der Waals surface area contributed by atoms with Crippen LogP contribution in [0.3, 0.4) is 0 Å². The molecule has 2 rings (SSSR count). The standard InChI is InChI=1S/C17H17ClN2O2S/c1-11-3-6-13(10-15(11)18)19-17(23)20-16(21)9-12-4-7-14(22-2)8-5-12/h3-8,10H,9H2,1-2H3,(H2,19,20,21,23). The fourth-order valence-corrected chi connectivity index (χ4v) is 2.34. The average Bonchev–Trinajstić information content (AvgIpc) is 2.51. The molecule has 0 aliphatic heterocycles. The quantitative estimate of drug-likeness (QED) is 0.827. The summed E-state index contributed by atoms with van der Waals surface area (Å²) in [4.78, 5) is 12.0. The minimum atomic E-state index is -0.189. The van der Waals surface area contributed by atoms with Crippen LogP contribution in [-0.4, -0.2) is 18.1 Å². The molecule has 120 valence electrons. The summed E-state index contributed by atoms with van der Waals surface area (Å²) in [5, 5.41) is 6.47. The lowest BCUT2D eigenvalue weighted by Gasteiger charge is -2.10. The van der Waals surface area contributed by atoms with Gasteiger partial charge in [-0.1, -0.05) is 29.8 Å². The lowest BCUT2D eigenvalue weighted by Crippen LogP contribution is -2.35. The molecule has 0 spiro atoms. The number of rotatable bonds is 4. The maximum Gasteiger partial charge on any atom is 0.230 e. The molecule has 0 aliphatic carbocycles. The summed E-state index contributed by atoms with van der Waals surface area (Å²) in [6, 6.07) is 12.8. The van der Waals surface area contributed by atoms with E-state index in [0.29, 0.717) is 5.02 Å². The second kappa shape index (κ2) is 7.94. The van der Waals surface area contributed by atoms with Crippen LogP contribution in [0.15, 0.2) is 42.5 Å². The molecule has 0 saturated heterocycles. The second-order valence-electron chi connectivity index (χ2n) is 4.99. The molecule has 0 unspecified atom stereocenters. The number of anilines is 1. The fourth-order valence-electron chi connectivity index (χ4n) is 1.93. The van der Waals surface area contributed by atoms with Gasteiger partial charge in [0.2, 0.25) is 5.91 Å². The first-order valence-electron chi connectivity index (χ1n) is 6.98. The van der Waals surface area contributed by atoms with Crippen LogP contribution >= 0.6 is 23.8 Å². The van der Waals surface area contributed by atoms with Crippen LogP contribution in [0, 0.1) is 6.92 Å². The van der Waals surface area contributed by atoms with E-state index in [-0.39, 0.29) is 17.4 Å². The number of benzene rings is 2. The number of carbonyl (C=O) groups excluding carboxylic acids is 1. The molecule has 1 amide bonds. The van der Waals surface area contributed by atoms with Crippen LogP contribution in [0.2, 0.25) is 5.02 Å². The van der Waals surface area contributed by atoms with E-state index in [1.165, 1.54) is 0 Å². The molecule has 4 nitrogen and oxygen atoms in total. The molecule has 0 saturated carbocycles. The van der Waals surface area contributed by atoms with E-state index in [4.69, 9.17) is 28.6 Å². The van der Waals surface area contributed by atoms with Crippen LogP contribution in [0.1, 0.15) is 11.1 Å². The largest absolute Gasteiger partial charge is 0.497 e. The summed E-state index contributed by atoms with van der Waals surface area (Å²) in [6.45, 7) is 1.92. The van der Waals surface area contributed by atoms with E-state index in [1.54, 1.807) is 13.2 Å². The van der Waals surface area contributed by atoms with Gasteiger partial charge in [0.05, 0.1) is 13.5 Å². The summed E-state index contributed by atoms with van der Waals surface area (Å²) in [5.74, 6) is 0.563. The SMILES string of the molecule is COc1ccc(CC(=O)NC(=S)Nc2ccc(C)c(Cl)c2)cc1. The summed E-state index contributed by atoms with van der Waals surface area (Å²) in [6.07, 6.45) is 0.237. The van der Waals surface area contributed by atoms with Crippen LogP contribution in [0.4, 0.5) is 5.69 Å². The Morgan fingerprint density at radius 1 is 1.22 bits per heavy atom. The van der Waals surface area contributed by atoms with Gasteiger partial charge in [0.25, 0.3) is 0 Å². The maximum absolute atomic E-state index is 12.0. The zero-order chi connectivity index (χ0) is 16.8. The second-order valence-corrected chi connectivity index (χ2v) is 5.81. The predicted molar refractivity (Wildman–Crippen MR) is 97.3 cm³/mol. The molecule has 0 aromatic heterocycles. The zero-order valence-electron chi connectivity index (χ0n) is 12.9.